The van der Waals surface area contributed by atoms with Gasteiger partial charge in [0.05, 0.1) is 6.20 Å². The van der Waals surface area contributed by atoms with Crippen molar-refractivity contribution >= 4 is 29.2 Å². The highest BCUT2D eigenvalue weighted by molar-refractivity contribution is 7.98. The van der Waals surface area contributed by atoms with E-state index in [9.17, 15) is 4.39 Å². The number of thioether (sulfide) groups is 1. The first-order valence-electron chi connectivity index (χ1n) is 5.20. The Kier molecular flexibility index (Phi) is 4.20. The molecule has 2 rings (SSSR count). The third kappa shape index (κ3) is 3.13. The van der Waals surface area contributed by atoms with Gasteiger partial charge in [0.2, 0.25) is 0 Å². The fraction of sp³-hybridized carbons (Fsp3) is 0.0833. The average molecular weight is 295 g/mol. The SMILES string of the molecule is N#Cc1cnc(SCc2c(F)cccc2Cl)nc1N. The average Bonchev–Trinajstić information content (AvgIpc) is 2.38. The molecule has 2 aromatic rings. The largest absolute Gasteiger partial charge is 0.382 e. The smallest absolute Gasteiger partial charge is 0.189 e. The summed E-state index contributed by atoms with van der Waals surface area (Å²) in [7, 11) is 0. The zero-order valence-electron chi connectivity index (χ0n) is 9.60. The van der Waals surface area contributed by atoms with Gasteiger partial charge in [-0.3, -0.25) is 0 Å². The van der Waals surface area contributed by atoms with E-state index in [1.807, 2.05) is 6.07 Å². The van der Waals surface area contributed by atoms with E-state index in [4.69, 9.17) is 22.6 Å². The van der Waals surface area contributed by atoms with Crippen molar-refractivity contribution in [1.29, 1.82) is 5.26 Å². The van der Waals surface area contributed by atoms with Gasteiger partial charge in [-0.15, -0.1) is 0 Å². The van der Waals surface area contributed by atoms with Gasteiger partial charge < -0.3 is 5.73 Å². The molecule has 0 radical (unpaired) electrons. The molecule has 0 spiro atoms. The lowest BCUT2D eigenvalue weighted by Crippen LogP contribution is -1.98. The zero-order chi connectivity index (χ0) is 13.8. The third-order valence-corrected chi connectivity index (χ3v) is 3.57. The topological polar surface area (TPSA) is 75.6 Å². The van der Waals surface area contributed by atoms with E-state index in [0.29, 0.717) is 15.7 Å². The first kappa shape index (κ1) is 13.6. The van der Waals surface area contributed by atoms with Crippen molar-refractivity contribution in [2.45, 2.75) is 10.9 Å². The Morgan fingerprint density at radius 1 is 1.47 bits per heavy atom. The summed E-state index contributed by atoms with van der Waals surface area (Å²) in [5, 5.41) is 9.43. The molecule has 1 aromatic heterocycles. The van der Waals surface area contributed by atoms with Crippen molar-refractivity contribution in [2.24, 2.45) is 0 Å². The maximum Gasteiger partial charge on any atom is 0.189 e. The quantitative estimate of drug-likeness (QED) is 0.695. The molecule has 0 bridgehead atoms. The van der Waals surface area contributed by atoms with Gasteiger partial charge in [0, 0.05) is 16.3 Å². The van der Waals surface area contributed by atoms with Crippen LogP contribution < -0.4 is 5.73 Å². The van der Waals surface area contributed by atoms with Gasteiger partial charge in [0.15, 0.2) is 5.16 Å². The summed E-state index contributed by atoms with van der Waals surface area (Å²) in [6.45, 7) is 0. The molecular weight excluding hydrogens is 287 g/mol. The monoisotopic (exact) mass is 294 g/mol. The first-order valence-corrected chi connectivity index (χ1v) is 6.56. The summed E-state index contributed by atoms with van der Waals surface area (Å²) in [5.74, 6) is 0.0258. The summed E-state index contributed by atoms with van der Waals surface area (Å²) in [5.41, 5.74) is 6.18. The van der Waals surface area contributed by atoms with Crippen molar-refractivity contribution in [3.8, 4) is 6.07 Å². The highest BCUT2D eigenvalue weighted by Crippen LogP contribution is 2.27. The van der Waals surface area contributed by atoms with Crippen molar-refractivity contribution in [2.75, 3.05) is 5.73 Å². The van der Waals surface area contributed by atoms with Crippen LogP contribution in [-0.2, 0) is 5.75 Å². The fourth-order valence-corrected chi connectivity index (χ4v) is 2.51. The lowest BCUT2D eigenvalue weighted by molar-refractivity contribution is 0.617. The lowest BCUT2D eigenvalue weighted by atomic mass is 10.2. The molecule has 0 aliphatic heterocycles. The van der Waals surface area contributed by atoms with Gasteiger partial charge in [0.1, 0.15) is 23.3 Å². The Bertz CT molecular complexity index is 636. The number of benzene rings is 1. The lowest BCUT2D eigenvalue weighted by Gasteiger charge is -2.05. The number of nitrogens with two attached hydrogens (primary N) is 1. The fourth-order valence-electron chi connectivity index (χ4n) is 1.34. The van der Waals surface area contributed by atoms with E-state index in [-0.39, 0.29) is 23.0 Å². The predicted molar refractivity (Wildman–Crippen MR) is 72.1 cm³/mol. The Labute approximate surface area is 118 Å². The van der Waals surface area contributed by atoms with Crippen molar-refractivity contribution in [1.82, 2.24) is 9.97 Å². The number of aromatic nitrogens is 2. The van der Waals surface area contributed by atoms with Gasteiger partial charge in [-0.25, -0.2) is 14.4 Å². The summed E-state index contributed by atoms with van der Waals surface area (Å²) in [6, 6.07) is 6.38. The zero-order valence-corrected chi connectivity index (χ0v) is 11.2. The molecule has 0 saturated carbocycles. The second-order valence-electron chi connectivity index (χ2n) is 3.55. The van der Waals surface area contributed by atoms with Crippen molar-refractivity contribution in [3.05, 3.63) is 46.4 Å². The van der Waals surface area contributed by atoms with Gasteiger partial charge >= 0.3 is 0 Å². The van der Waals surface area contributed by atoms with Crippen LogP contribution in [0.2, 0.25) is 5.02 Å². The summed E-state index contributed by atoms with van der Waals surface area (Å²) < 4.78 is 13.5. The van der Waals surface area contributed by atoms with E-state index in [2.05, 4.69) is 9.97 Å². The van der Waals surface area contributed by atoms with Crippen molar-refractivity contribution < 1.29 is 4.39 Å². The van der Waals surface area contributed by atoms with E-state index in [1.165, 1.54) is 24.0 Å². The number of nitriles is 1. The second-order valence-corrected chi connectivity index (χ2v) is 4.90. The summed E-state index contributed by atoms with van der Waals surface area (Å²) in [4.78, 5) is 7.93. The second kappa shape index (κ2) is 5.87. The number of nitrogen functional groups attached to an aromatic ring is 1. The number of hydrogen-bond donors (Lipinski definition) is 1. The molecule has 0 atom stereocenters. The number of halogens is 2. The molecule has 0 saturated heterocycles. The Hall–Kier alpha value is -1.84. The Morgan fingerprint density at radius 2 is 2.26 bits per heavy atom. The van der Waals surface area contributed by atoms with Crippen LogP contribution in [0.3, 0.4) is 0 Å². The predicted octanol–water partition coefficient (Wildman–Crippen LogP) is 3.02. The standard InChI is InChI=1S/C12H8ClFN4S/c13-9-2-1-3-10(14)8(9)6-19-12-17-5-7(4-15)11(16)18-12/h1-3,5H,6H2,(H2,16,17,18). The molecule has 4 nitrogen and oxygen atoms in total. The summed E-state index contributed by atoms with van der Waals surface area (Å²) >= 11 is 7.11. The van der Waals surface area contributed by atoms with Crippen LogP contribution in [0.15, 0.2) is 29.6 Å². The molecule has 19 heavy (non-hydrogen) atoms. The molecule has 0 aliphatic rings. The minimum atomic E-state index is -0.374. The maximum absolute atomic E-state index is 13.5. The number of anilines is 1. The molecule has 2 N–H and O–H groups in total. The minimum Gasteiger partial charge on any atom is -0.382 e. The molecular formula is C12H8ClFN4S. The Balaban J connectivity index is 2.15. The van der Waals surface area contributed by atoms with E-state index in [0.717, 1.165) is 0 Å². The molecule has 96 valence electrons. The van der Waals surface area contributed by atoms with Crippen LogP contribution in [0.5, 0.6) is 0 Å². The van der Waals surface area contributed by atoms with Gasteiger partial charge in [-0.05, 0) is 12.1 Å². The Morgan fingerprint density at radius 3 is 2.89 bits per heavy atom. The highest BCUT2D eigenvalue weighted by Gasteiger charge is 2.09. The van der Waals surface area contributed by atoms with Crippen molar-refractivity contribution in [3.63, 3.8) is 0 Å². The van der Waals surface area contributed by atoms with Crippen LogP contribution >= 0.6 is 23.4 Å². The van der Waals surface area contributed by atoms with E-state index < -0.39 is 0 Å². The highest BCUT2D eigenvalue weighted by atomic mass is 35.5. The van der Waals surface area contributed by atoms with E-state index >= 15 is 0 Å². The first-order chi connectivity index (χ1) is 9.11. The van der Waals surface area contributed by atoms with E-state index in [1.54, 1.807) is 12.1 Å². The molecule has 0 unspecified atom stereocenters. The number of rotatable bonds is 3. The number of nitrogens with zero attached hydrogens (tertiary/aromatic N) is 3. The van der Waals surface area contributed by atoms with Crippen LogP contribution in [0, 0.1) is 17.1 Å². The molecule has 0 amide bonds. The van der Waals surface area contributed by atoms with Crippen LogP contribution in [0.4, 0.5) is 10.2 Å². The van der Waals surface area contributed by atoms with Crippen LogP contribution in [0.1, 0.15) is 11.1 Å². The number of hydrogen-bond acceptors (Lipinski definition) is 5. The van der Waals surface area contributed by atoms with Crippen LogP contribution in [0.25, 0.3) is 0 Å². The molecule has 0 fully saturated rings. The molecule has 7 heteroatoms. The van der Waals surface area contributed by atoms with Crippen LogP contribution in [-0.4, -0.2) is 9.97 Å². The molecule has 1 aromatic carbocycles. The molecule has 1 heterocycles. The minimum absolute atomic E-state index is 0.111. The summed E-state index contributed by atoms with van der Waals surface area (Å²) in [6.07, 6.45) is 1.34. The third-order valence-electron chi connectivity index (χ3n) is 2.32. The molecule has 0 aliphatic carbocycles. The van der Waals surface area contributed by atoms with Gasteiger partial charge in [-0.1, -0.05) is 29.4 Å². The normalized spacial score (nSPS) is 10.2. The van der Waals surface area contributed by atoms with Gasteiger partial charge in [-0.2, -0.15) is 5.26 Å². The maximum atomic E-state index is 13.5. The van der Waals surface area contributed by atoms with Gasteiger partial charge in [0.25, 0.3) is 0 Å².